The number of rotatable bonds is 5. The van der Waals surface area contributed by atoms with Crippen molar-refractivity contribution in [2.45, 2.75) is 6.04 Å². The number of fused-ring (bicyclic) bond motifs is 2. The number of ether oxygens (including phenoxy) is 3. The number of benzene rings is 4. The Balaban J connectivity index is 1.62. The largest absolute Gasteiger partial charge is 0.497 e. The fourth-order valence-electron chi connectivity index (χ4n) is 3.79. The molecule has 0 aromatic heterocycles. The lowest BCUT2D eigenvalue weighted by Gasteiger charge is -2.23. The normalized spacial score (nSPS) is 13.3. The van der Waals surface area contributed by atoms with E-state index < -0.39 is 0 Å². The molecule has 0 saturated carbocycles. The van der Waals surface area contributed by atoms with Crippen molar-refractivity contribution in [1.29, 1.82) is 0 Å². The average Bonchev–Trinajstić information content (AvgIpc) is 3.25. The van der Waals surface area contributed by atoms with Crippen molar-refractivity contribution >= 4 is 16.5 Å². The Morgan fingerprint density at radius 2 is 1.62 bits per heavy atom. The van der Waals surface area contributed by atoms with Gasteiger partial charge in [0.05, 0.1) is 13.2 Å². The lowest BCUT2D eigenvalue weighted by Crippen LogP contribution is -2.13. The zero-order valence-corrected chi connectivity index (χ0v) is 16.1. The maximum atomic E-state index is 5.63. The van der Waals surface area contributed by atoms with Crippen LogP contribution in [-0.2, 0) is 0 Å². The molecule has 4 aromatic rings. The van der Waals surface area contributed by atoms with Crippen LogP contribution in [0.3, 0.4) is 0 Å². The van der Waals surface area contributed by atoms with E-state index in [0.717, 1.165) is 28.5 Å². The average molecular weight is 383 g/mol. The van der Waals surface area contributed by atoms with Gasteiger partial charge in [-0.15, -0.1) is 0 Å². The fraction of sp³-hybridized carbons (Fsp3) is 0.120. The molecule has 29 heavy (non-hydrogen) atoms. The molecule has 144 valence electrons. The summed E-state index contributed by atoms with van der Waals surface area (Å²) in [6.07, 6.45) is 0. The van der Waals surface area contributed by atoms with Gasteiger partial charge in [-0.25, -0.2) is 0 Å². The van der Waals surface area contributed by atoms with E-state index in [2.05, 4.69) is 59.9 Å². The lowest BCUT2D eigenvalue weighted by atomic mass is 9.93. The van der Waals surface area contributed by atoms with Crippen molar-refractivity contribution < 1.29 is 14.2 Å². The molecule has 0 fully saturated rings. The number of hydrogen-bond acceptors (Lipinski definition) is 4. The van der Waals surface area contributed by atoms with Gasteiger partial charge in [-0.05, 0) is 58.3 Å². The molecule has 1 aliphatic rings. The maximum Gasteiger partial charge on any atom is 0.231 e. The SMILES string of the molecule is COc1ccc(NC(c2ccc3c(c2)OCO3)c2cccc3ccccc23)cc1. The van der Waals surface area contributed by atoms with Crippen molar-refractivity contribution in [3.05, 3.63) is 96.1 Å². The first-order valence-corrected chi connectivity index (χ1v) is 9.59. The number of nitrogens with one attached hydrogen (secondary N) is 1. The Labute approximate surface area is 169 Å². The summed E-state index contributed by atoms with van der Waals surface area (Å²) in [5.74, 6) is 2.40. The van der Waals surface area contributed by atoms with Gasteiger partial charge in [-0.1, -0.05) is 48.5 Å². The van der Waals surface area contributed by atoms with Crippen LogP contribution in [0.2, 0.25) is 0 Å². The van der Waals surface area contributed by atoms with Crippen LogP contribution in [0.25, 0.3) is 10.8 Å². The third-order valence-electron chi connectivity index (χ3n) is 5.27. The van der Waals surface area contributed by atoms with Crippen molar-refractivity contribution in [2.24, 2.45) is 0 Å². The number of anilines is 1. The molecule has 1 heterocycles. The molecule has 0 saturated heterocycles. The summed E-state index contributed by atoms with van der Waals surface area (Å²) >= 11 is 0. The predicted octanol–water partition coefficient (Wildman–Crippen LogP) is 5.78. The predicted molar refractivity (Wildman–Crippen MR) is 115 cm³/mol. The van der Waals surface area contributed by atoms with Crippen molar-refractivity contribution in [1.82, 2.24) is 0 Å². The first-order chi connectivity index (χ1) is 14.3. The Kier molecular flexibility index (Phi) is 4.45. The molecule has 5 rings (SSSR count). The van der Waals surface area contributed by atoms with E-state index in [-0.39, 0.29) is 12.8 Å². The van der Waals surface area contributed by atoms with Crippen LogP contribution in [0.1, 0.15) is 17.2 Å². The molecule has 1 unspecified atom stereocenters. The van der Waals surface area contributed by atoms with Crippen molar-refractivity contribution in [3.8, 4) is 17.2 Å². The van der Waals surface area contributed by atoms with E-state index >= 15 is 0 Å². The van der Waals surface area contributed by atoms with Crippen LogP contribution in [0.4, 0.5) is 5.69 Å². The van der Waals surface area contributed by atoms with Crippen LogP contribution in [0.15, 0.2) is 84.9 Å². The van der Waals surface area contributed by atoms with Gasteiger partial charge >= 0.3 is 0 Å². The van der Waals surface area contributed by atoms with Crippen LogP contribution in [0.5, 0.6) is 17.2 Å². The van der Waals surface area contributed by atoms with E-state index in [1.54, 1.807) is 7.11 Å². The molecule has 4 heteroatoms. The summed E-state index contributed by atoms with van der Waals surface area (Å²) in [7, 11) is 1.67. The van der Waals surface area contributed by atoms with Gasteiger partial charge in [0.25, 0.3) is 0 Å². The van der Waals surface area contributed by atoms with Crippen LogP contribution >= 0.6 is 0 Å². The minimum absolute atomic E-state index is 0.0519. The zero-order chi connectivity index (χ0) is 19.6. The summed E-state index contributed by atoms with van der Waals surface area (Å²) in [6.45, 7) is 0.267. The highest BCUT2D eigenvalue weighted by atomic mass is 16.7. The van der Waals surface area contributed by atoms with E-state index in [4.69, 9.17) is 14.2 Å². The third-order valence-corrected chi connectivity index (χ3v) is 5.27. The summed E-state index contributed by atoms with van der Waals surface area (Å²) in [5.41, 5.74) is 3.33. The minimum atomic E-state index is -0.0519. The molecule has 1 N–H and O–H groups in total. The maximum absolute atomic E-state index is 5.63. The Morgan fingerprint density at radius 3 is 2.48 bits per heavy atom. The second-order valence-electron chi connectivity index (χ2n) is 6.99. The second-order valence-corrected chi connectivity index (χ2v) is 6.99. The summed E-state index contributed by atoms with van der Waals surface area (Å²) in [5, 5.41) is 6.13. The highest BCUT2D eigenvalue weighted by Gasteiger charge is 2.21. The van der Waals surface area contributed by atoms with Crippen LogP contribution < -0.4 is 19.5 Å². The number of hydrogen-bond donors (Lipinski definition) is 1. The molecule has 0 bridgehead atoms. The van der Waals surface area contributed by atoms with Gasteiger partial charge in [-0.3, -0.25) is 0 Å². The highest BCUT2D eigenvalue weighted by molar-refractivity contribution is 5.87. The molecule has 0 aliphatic carbocycles. The zero-order valence-electron chi connectivity index (χ0n) is 16.1. The smallest absolute Gasteiger partial charge is 0.231 e. The molecule has 4 nitrogen and oxygen atoms in total. The molecule has 0 spiro atoms. The Morgan fingerprint density at radius 1 is 0.828 bits per heavy atom. The standard InChI is InChI=1S/C25H21NO3/c1-27-20-12-10-19(11-13-20)26-25(18-9-14-23-24(15-18)29-16-28-23)22-8-4-6-17-5-2-3-7-21(17)22/h2-15,25-26H,16H2,1H3. The van der Waals surface area contributed by atoms with Gasteiger partial charge in [0.2, 0.25) is 6.79 Å². The fourth-order valence-corrected chi connectivity index (χ4v) is 3.79. The van der Waals surface area contributed by atoms with Gasteiger partial charge in [-0.2, -0.15) is 0 Å². The van der Waals surface area contributed by atoms with Gasteiger partial charge < -0.3 is 19.5 Å². The van der Waals surface area contributed by atoms with Crippen LogP contribution in [0, 0.1) is 0 Å². The molecule has 1 atom stereocenters. The topological polar surface area (TPSA) is 39.7 Å². The van der Waals surface area contributed by atoms with E-state index in [1.807, 2.05) is 30.3 Å². The third kappa shape index (κ3) is 3.34. The van der Waals surface area contributed by atoms with E-state index in [0.29, 0.717) is 0 Å². The van der Waals surface area contributed by atoms with E-state index in [9.17, 15) is 0 Å². The summed E-state index contributed by atoms with van der Waals surface area (Å²) < 4.78 is 16.4. The molecule has 0 radical (unpaired) electrons. The van der Waals surface area contributed by atoms with Gasteiger partial charge in [0.1, 0.15) is 5.75 Å². The summed E-state index contributed by atoms with van der Waals surface area (Å²) in [6, 6.07) is 28.9. The molecular weight excluding hydrogens is 362 g/mol. The Hall–Kier alpha value is -3.66. The quantitative estimate of drug-likeness (QED) is 0.474. The first kappa shape index (κ1) is 17.4. The number of methoxy groups -OCH3 is 1. The first-order valence-electron chi connectivity index (χ1n) is 9.59. The van der Waals surface area contributed by atoms with Crippen molar-refractivity contribution in [2.75, 3.05) is 19.2 Å². The lowest BCUT2D eigenvalue weighted by molar-refractivity contribution is 0.174. The monoisotopic (exact) mass is 383 g/mol. The minimum Gasteiger partial charge on any atom is -0.497 e. The molecule has 4 aromatic carbocycles. The Bertz CT molecular complexity index is 1150. The summed E-state index contributed by atoms with van der Waals surface area (Å²) in [4.78, 5) is 0. The molecular formula is C25H21NO3. The van der Waals surface area contributed by atoms with Gasteiger partial charge in [0, 0.05) is 5.69 Å². The highest BCUT2D eigenvalue weighted by Crippen LogP contribution is 2.38. The molecule has 0 amide bonds. The van der Waals surface area contributed by atoms with Crippen LogP contribution in [-0.4, -0.2) is 13.9 Å². The molecule has 1 aliphatic heterocycles. The van der Waals surface area contributed by atoms with E-state index in [1.165, 1.54) is 16.3 Å². The second kappa shape index (κ2) is 7.40. The van der Waals surface area contributed by atoms with Crippen molar-refractivity contribution in [3.63, 3.8) is 0 Å². The van der Waals surface area contributed by atoms with Gasteiger partial charge in [0.15, 0.2) is 11.5 Å².